The molecule has 47 heavy (non-hydrogen) atoms. The molecule has 5 aliphatic rings. The number of amides is 1. The van der Waals surface area contributed by atoms with Crippen molar-refractivity contribution in [3.8, 4) is 0 Å². The Morgan fingerprint density at radius 2 is 1.81 bits per heavy atom. The van der Waals surface area contributed by atoms with Gasteiger partial charge in [0.1, 0.15) is 6.04 Å². The predicted octanol–water partition coefficient (Wildman–Crippen LogP) is 5.54. The third-order valence-corrected chi connectivity index (χ3v) is 15.8. The molecule has 10 nitrogen and oxygen atoms in total. The number of hydrogen-bond acceptors (Lipinski definition) is 8. The molecule has 3 saturated carbocycles. The molecular formula is C37H63N7O3. The van der Waals surface area contributed by atoms with E-state index >= 15 is 0 Å². The zero-order valence-corrected chi connectivity index (χ0v) is 30.8. The predicted molar refractivity (Wildman–Crippen MR) is 184 cm³/mol. The van der Waals surface area contributed by atoms with Gasteiger partial charge in [0.05, 0.1) is 25.9 Å². The molecule has 1 amide bonds. The summed E-state index contributed by atoms with van der Waals surface area (Å²) in [7, 11) is 0. The fraction of sp³-hybridized carbons (Fsp3) is 0.892. The van der Waals surface area contributed by atoms with Gasteiger partial charge in [0.15, 0.2) is 0 Å². The third kappa shape index (κ3) is 4.80. The number of tetrazole rings is 1. The summed E-state index contributed by atoms with van der Waals surface area (Å²) in [5.41, 5.74) is 19.4. The van der Waals surface area contributed by atoms with E-state index < -0.39 is 5.54 Å². The summed E-state index contributed by atoms with van der Waals surface area (Å²) >= 11 is 0. The number of ether oxygens (including phenoxy) is 2. The van der Waals surface area contributed by atoms with Crippen LogP contribution in [0.15, 0.2) is 11.6 Å². The molecule has 12 atom stereocenters. The van der Waals surface area contributed by atoms with Crippen molar-refractivity contribution in [2.45, 2.75) is 125 Å². The van der Waals surface area contributed by atoms with E-state index in [0.29, 0.717) is 43.5 Å². The van der Waals surface area contributed by atoms with Gasteiger partial charge in [-0.05, 0) is 96.5 Å². The van der Waals surface area contributed by atoms with E-state index in [0.717, 1.165) is 38.5 Å². The summed E-state index contributed by atoms with van der Waals surface area (Å²) in [6.45, 7) is 24.5. The third-order valence-electron chi connectivity index (χ3n) is 15.8. The van der Waals surface area contributed by atoms with E-state index in [1.54, 1.807) is 4.80 Å². The summed E-state index contributed by atoms with van der Waals surface area (Å²) in [5, 5.41) is 13.1. The van der Waals surface area contributed by atoms with E-state index in [2.05, 4.69) is 90.7 Å². The van der Waals surface area contributed by atoms with Crippen LogP contribution < -0.4 is 17.2 Å². The molecule has 6 rings (SSSR count). The molecule has 0 radical (unpaired) electrons. The Kier molecular flexibility index (Phi) is 8.32. The standard InChI is InChI=1S/C37H63N7O3/c1-21(2)23(5)32(6)15-16-34(8)24-11-12-27-33(7)18-46-20-37(27,25(24)13-14-35(34,9)28(32)30(38)45)17-26(44-42-31(39)41-43-44)29(33)47-19-36(10,40)22(3)4/h13,21-24,26-29H,11-12,14-20,40H2,1-10H3,(H2,38,45)(H2,39,42)/t23-,24+,26-,27+,28-,29+,32-,33?,34-,35+,36-,37+/m1/s1. The van der Waals surface area contributed by atoms with Crippen molar-refractivity contribution in [3.05, 3.63) is 11.6 Å². The molecule has 4 aliphatic carbocycles. The molecular weight excluding hydrogens is 590 g/mol. The Labute approximate surface area is 282 Å². The second-order valence-electron chi connectivity index (χ2n) is 18.5. The fourth-order valence-corrected chi connectivity index (χ4v) is 12.0. The minimum absolute atomic E-state index is 0.0715. The average Bonchev–Trinajstić information content (AvgIpc) is 3.42. The lowest BCUT2D eigenvalue weighted by Crippen LogP contribution is -2.69. The molecule has 0 aromatic carbocycles. The van der Waals surface area contributed by atoms with E-state index in [4.69, 9.17) is 26.7 Å². The fourth-order valence-electron chi connectivity index (χ4n) is 12.0. The monoisotopic (exact) mass is 653 g/mol. The summed E-state index contributed by atoms with van der Waals surface area (Å²) in [6.07, 6.45) is 8.21. The van der Waals surface area contributed by atoms with Gasteiger partial charge in [-0.25, -0.2) is 0 Å². The van der Waals surface area contributed by atoms with Crippen LogP contribution in [0.25, 0.3) is 0 Å². The number of rotatable bonds is 8. The number of primary amides is 1. The maximum absolute atomic E-state index is 13.6. The van der Waals surface area contributed by atoms with Gasteiger partial charge in [0, 0.05) is 22.3 Å². The second-order valence-corrected chi connectivity index (χ2v) is 18.5. The van der Waals surface area contributed by atoms with Crippen molar-refractivity contribution in [3.63, 3.8) is 0 Å². The van der Waals surface area contributed by atoms with Crippen LogP contribution in [0.5, 0.6) is 0 Å². The lowest BCUT2D eigenvalue weighted by molar-refractivity contribution is -0.253. The molecule has 2 heterocycles. The van der Waals surface area contributed by atoms with Gasteiger partial charge in [-0.15, -0.1) is 5.10 Å². The molecule has 1 aliphatic heterocycles. The van der Waals surface area contributed by atoms with Gasteiger partial charge < -0.3 is 26.7 Å². The maximum Gasteiger partial charge on any atom is 0.260 e. The Hall–Kier alpha value is -2.04. The Bertz CT molecular complexity index is 1410. The van der Waals surface area contributed by atoms with Gasteiger partial charge in [0.25, 0.3) is 5.95 Å². The van der Waals surface area contributed by atoms with Crippen LogP contribution in [-0.2, 0) is 14.3 Å². The Balaban J connectivity index is 1.44. The van der Waals surface area contributed by atoms with Gasteiger partial charge in [-0.2, -0.15) is 4.80 Å². The number of nitrogens with two attached hydrogens (primary N) is 3. The normalized spacial score (nSPS) is 45.0. The summed E-state index contributed by atoms with van der Waals surface area (Å²) in [4.78, 5) is 15.4. The van der Waals surface area contributed by atoms with Gasteiger partial charge in [-0.3, -0.25) is 4.79 Å². The Morgan fingerprint density at radius 3 is 2.40 bits per heavy atom. The minimum Gasteiger partial charge on any atom is -0.380 e. The number of hydrogen-bond donors (Lipinski definition) is 3. The maximum atomic E-state index is 13.6. The van der Waals surface area contributed by atoms with E-state index in [-0.39, 0.29) is 62.9 Å². The topological polar surface area (TPSA) is 157 Å². The van der Waals surface area contributed by atoms with Crippen LogP contribution in [0.3, 0.4) is 0 Å². The summed E-state index contributed by atoms with van der Waals surface area (Å²) in [6, 6.07) is -0.173. The minimum atomic E-state index is -0.484. The van der Waals surface area contributed by atoms with Crippen LogP contribution >= 0.6 is 0 Å². The molecule has 1 aromatic rings. The molecule has 1 aromatic heterocycles. The first-order chi connectivity index (χ1) is 21.8. The van der Waals surface area contributed by atoms with Crippen molar-refractivity contribution < 1.29 is 14.3 Å². The molecule has 10 heteroatoms. The number of nitrogens with zero attached hydrogens (tertiary/aromatic N) is 4. The highest BCUT2D eigenvalue weighted by atomic mass is 16.5. The summed E-state index contributed by atoms with van der Waals surface area (Å²) in [5.74, 6) is 1.66. The quantitative estimate of drug-likeness (QED) is 0.309. The number of aromatic nitrogens is 4. The van der Waals surface area contributed by atoms with Crippen LogP contribution in [-0.4, -0.2) is 57.6 Å². The Morgan fingerprint density at radius 1 is 1.11 bits per heavy atom. The van der Waals surface area contributed by atoms with E-state index in [9.17, 15) is 4.79 Å². The van der Waals surface area contributed by atoms with Crippen molar-refractivity contribution in [2.24, 2.45) is 74.0 Å². The SMILES string of the molecule is CC(C)[C@@H](C)[C@@]1(C)CC[C@]2(C)[C@H]3CC[C@H]4C5(C)COC[C@@]4(C[C@@H](n4nnc(N)n4)[C@@H]5OC[C@@](C)(N)C(C)C)C3=CC[C@@]2(C)[C@@H]1C(N)=O. The molecule has 6 N–H and O–H groups in total. The molecule has 0 spiro atoms. The molecule has 2 bridgehead atoms. The highest BCUT2D eigenvalue weighted by Crippen LogP contribution is 2.75. The highest BCUT2D eigenvalue weighted by molar-refractivity contribution is 5.79. The zero-order chi connectivity index (χ0) is 34.5. The lowest BCUT2D eigenvalue weighted by Gasteiger charge is -2.71. The first-order valence-corrected chi connectivity index (χ1v) is 18.3. The first kappa shape index (κ1) is 34.8. The van der Waals surface area contributed by atoms with Gasteiger partial charge in [-0.1, -0.05) is 79.1 Å². The largest absolute Gasteiger partial charge is 0.380 e. The number of anilines is 1. The number of carbonyl (C=O) groups excluding carboxylic acids is 1. The van der Waals surface area contributed by atoms with Crippen molar-refractivity contribution in [1.29, 1.82) is 0 Å². The van der Waals surface area contributed by atoms with Crippen molar-refractivity contribution in [2.75, 3.05) is 25.6 Å². The van der Waals surface area contributed by atoms with Crippen molar-refractivity contribution in [1.82, 2.24) is 20.2 Å². The smallest absolute Gasteiger partial charge is 0.260 e. The first-order valence-electron chi connectivity index (χ1n) is 18.3. The molecule has 1 saturated heterocycles. The van der Waals surface area contributed by atoms with Crippen LogP contribution in [0.1, 0.15) is 114 Å². The van der Waals surface area contributed by atoms with Crippen LogP contribution in [0.2, 0.25) is 0 Å². The average molecular weight is 654 g/mol. The molecule has 264 valence electrons. The number of allylic oxidation sites excluding steroid dienone is 1. The van der Waals surface area contributed by atoms with Crippen LogP contribution in [0.4, 0.5) is 5.95 Å². The molecule has 1 unspecified atom stereocenters. The van der Waals surface area contributed by atoms with Crippen molar-refractivity contribution >= 4 is 11.9 Å². The van der Waals surface area contributed by atoms with Gasteiger partial charge >= 0.3 is 0 Å². The van der Waals surface area contributed by atoms with E-state index in [1.807, 2.05) is 0 Å². The number of fused-ring (bicyclic) bond motifs is 3. The number of carbonyl (C=O) groups is 1. The van der Waals surface area contributed by atoms with Crippen LogP contribution in [0, 0.1) is 62.6 Å². The second kappa shape index (κ2) is 11.2. The van der Waals surface area contributed by atoms with Gasteiger partial charge in [0.2, 0.25) is 5.91 Å². The summed E-state index contributed by atoms with van der Waals surface area (Å²) < 4.78 is 13.6. The van der Waals surface area contributed by atoms with E-state index in [1.165, 1.54) is 5.57 Å². The highest BCUT2D eigenvalue weighted by Gasteiger charge is 2.71. The lowest BCUT2D eigenvalue weighted by atomic mass is 9.34. The number of nitrogen functional groups attached to an aromatic ring is 1. The zero-order valence-electron chi connectivity index (χ0n) is 30.8. The molecule has 4 fully saturated rings.